The summed E-state index contributed by atoms with van der Waals surface area (Å²) in [5.41, 5.74) is 0. The Kier molecular flexibility index (Phi) is 19.1. The summed E-state index contributed by atoms with van der Waals surface area (Å²) in [6, 6.07) is 0. The summed E-state index contributed by atoms with van der Waals surface area (Å²) in [5, 5.41) is 9.92. The van der Waals surface area contributed by atoms with Gasteiger partial charge in [0.05, 0.1) is 26.2 Å². The second-order valence-electron chi connectivity index (χ2n) is 6.77. The molecule has 0 unspecified atom stereocenters. The first kappa shape index (κ1) is 24.7. The van der Waals surface area contributed by atoms with E-state index in [9.17, 15) is 9.90 Å². The van der Waals surface area contributed by atoms with Gasteiger partial charge in [-0.05, 0) is 38.5 Å². The molecule has 3 heteroatoms. The molecule has 0 amide bonds. The van der Waals surface area contributed by atoms with Gasteiger partial charge in [-0.3, -0.25) is 0 Å². The highest BCUT2D eigenvalue weighted by Crippen LogP contribution is 2.12. The van der Waals surface area contributed by atoms with Crippen molar-refractivity contribution in [3.8, 4) is 0 Å². The van der Waals surface area contributed by atoms with Gasteiger partial charge < -0.3 is 14.4 Å². The number of carboxylic acids is 1. The lowest BCUT2D eigenvalue weighted by atomic mass is 10.1. The van der Waals surface area contributed by atoms with E-state index in [1.807, 2.05) is 0 Å². The maximum atomic E-state index is 9.92. The molecule has 0 aromatic carbocycles. The molecule has 0 radical (unpaired) electrons. The van der Waals surface area contributed by atoms with Gasteiger partial charge in [0.25, 0.3) is 0 Å². The number of aliphatic carboxylic acids is 1. The number of carbonyl (C=O) groups is 1. The van der Waals surface area contributed by atoms with Crippen LogP contribution in [0.15, 0.2) is 0 Å². The van der Waals surface area contributed by atoms with E-state index in [0.717, 1.165) is 19.3 Å². The van der Waals surface area contributed by atoms with Gasteiger partial charge in [-0.15, -0.1) is 0 Å². The molecule has 23 heavy (non-hydrogen) atoms. The second kappa shape index (κ2) is 17.8. The third-order valence-electron chi connectivity index (χ3n) is 4.28. The van der Waals surface area contributed by atoms with Gasteiger partial charge in [0.1, 0.15) is 0 Å². The Bertz CT molecular complexity index is 225. The molecule has 0 saturated carbocycles. The van der Waals surface area contributed by atoms with Gasteiger partial charge in [-0.2, -0.15) is 0 Å². The molecule has 0 aromatic rings. The number of hydrogen-bond acceptors (Lipinski definition) is 2. The molecule has 0 bridgehead atoms. The zero-order valence-corrected chi connectivity index (χ0v) is 16.7. The van der Waals surface area contributed by atoms with Crippen molar-refractivity contribution in [3.05, 3.63) is 0 Å². The average Bonchev–Trinajstić information content (AvgIpc) is 2.48. The minimum Gasteiger partial charge on any atom is -0.550 e. The van der Waals surface area contributed by atoms with Gasteiger partial charge in [-0.25, -0.2) is 0 Å². The molecule has 0 rings (SSSR count). The first-order valence-corrected chi connectivity index (χ1v) is 10.1. The molecule has 0 aliphatic carbocycles. The summed E-state index contributed by atoms with van der Waals surface area (Å²) in [5.74, 6) is -0.920. The van der Waals surface area contributed by atoms with Crippen LogP contribution in [0.25, 0.3) is 0 Å². The van der Waals surface area contributed by atoms with Crippen LogP contribution < -0.4 is 5.11 Å². The Morgan fingerprint density at radius 1 is 0.652 bits per heavy atom. The van der Waals surface area contributed by atoms with E-state index in [4.69, 9.17) is 0 Å². The van der Waals surface area contributed by atoms with Crippen molar-refractivity contribution in [3.63, 3.8) is 0 Å². The highest BCUT2D eigenvalue weighted by molar-refractivity contribution is 5.63. The topological polar surface area (TPSA) is 40.1 Å². The molecule has 140 valence electrons. The lowest BCUT2D eigenvalue weighted by molar-refractivity contribution is -0.928. The highest BCUT2D eigenvalue weighted by Gasteiger charge is 2.22. The van der Waals surface area contributed by atoms with Gasteiger partial charge >= 0.3 is 0 Å². The number of carbonyl (C=O) groups excluding carboxylic acids is 1. The first-order chi connectivity index (χ1) is 11.0. The monoisotopic (exact) mass is 329 g/mol. The molecule has 0 heterocycles. The molecular weight excluding hydrogens is 286 g/mol. The summed E-state index contributed by atoms with van der Waals surface area (Å²) >= 11 is 0. The van der Waals surface area contributed by atoms with Gasteiger partial charge in [0.15, 0.2) is 0 Å². The van der Waals surface area contributed by atoms with Crippen molar-refractivity contribution < 1.29 is 14.4 Å². The van der Waals surface area contributed by atoms with Crippen LogP contribution >= 0.6 is 0 Å². The molecular formula is C20H43NO2. The van der Waals surface area contributed by atoms with Crippen molar-refractivity contribution in [2.75, 3.05) is 26.2 Å². The number of carboxylic acid groups (broad SMARTS) is 1. The van der Waals surface area contributed by atoms with Gasteiger partial charge in [0, 0.05) is 5.97 Å². The van der Waals surface area contributed by atoms with Crippen LogP contribution in [-0.4, -0.2) is 36.6 Å². The van der Waals surface area contributed by atoms with E-state index in [1.165, 1.54) is 69.2 Å². The Balaban J connectivity index is 0. The summed E-state index contributed by atoms with van der Waals surface area (Å²) in [6.45, 7) is 16.9. The van der Waals surface area contributed by atoms with Crippen molar-refractivity contribution in [2.24, 2.45) is 0 Å². The molecule has 0 aliphatic rings. The van der Waals surface area contributed by atoms with E-state index in [0.29, 0.717) is 0 Å². The number of unbranched alkanes of at least 4 members (excludes halogenated alkanes) is 4. The molecule has 3 nitrogen and oxygen atoms in total. The minimum atomic E-state index is -0.920. The van der Waals surface area contributed by atoms with Crippen molar-refractivity contribution in [1.29, 1.82) is 0 Å². The zero-order chi connectivity index (χ0) is 18.0. The van der Waals surface area contributed by atoms with Crippen molar-refractivity contribution in [2.45, 2.75) is 98.8 Å². The minimum absolute atomic E-state index is 0.226. The normalized spacial score (nSPS) is 11.0. The number of quaternary nitrogens is 1. The third kappa shape index (κ3) is 16.1. The molecule has 0 N–H and O–H groups in total. The Labute approximate surface area is 146 Å². The van der Waals surface area contributed by atoms with E-state index in [-0.39, 0.29) is 6.42 Å². The lowest BCUT2D eigenvalue weighted by Gasteiger charge is -2.38. The van der Waals surface area contributed by atoms with Gasteiger partial charge in [0.2, 0.25) is 0 Å². The van der Waals surface area contributed by atoms with Crippen molar-refractivity contribution >= 4 is 5.97 Å². The number of hydrogen-bond donors (Lipinski definition) is 0. The Hall–Kier alpha value is -0.570. The van der Waals surface area contributed by atoms with Crippen LogP contribution in [0.5, 0.6) is 0 Å². The molecule has 0 fully saturated rings. The molecule has 0 saturated heterocycles. The van der Waals surface area contributed by atoms with E-state index in [1.54, 1.807) is 0 Å². The molecule has 0 aliphatic heterocycles. The molecule has 0 spiro atoms. The average molecular weight is 330 g/mol. The molecule has 0 atom stereocenters. The van der Waals surface area contributed by atoms with Crippen LogP contribution in [0.1, 0.15) is 98.8 Å². The Morgan fingerprint density at radius 2 is 1.04 bits per heavy atom. The predicted molar refractivity (Wildman–Crippen MR) is 99.3 cm³/mol. The second-order valence-corrected chi connectivity index (χ2v) is 6.77. The first-order valence-electron chi connectivity index (χ1n) is 10.1. The van der Waals surface area contributed by atoms with Crippen molar-refractivity contribution in [1.82, 2.24) is 0 Å². The van der Waals surface area contributed by atoms with Gasteiger partial charge in [-0.1, -0.05) is 60.3 Å². The van der Waals surface area contributed by atoms with Crippen LogP contribution in [0.4, 0.5) is 0 Å². The maximum absolute atomic E-state index is 9.92. The summed E-state index contributed by atoms with van der Waals surface area (Å²) in [6.07, 6.45) is 10.9. The fraction of sp³-hybridized carbons (Fsp3) is 0.950. The fourth-order valence-electron chi connectivity index (χ4n) is 3.44. The Morgan fingerprint density at radius 3 is 1.35 bits per heavy atom. The largest absolute Gasteiger partial charge is 0.550 e. The summed E-state index contributed by atoms with van der Waals surface area (Å²) in [7, 11) is 0. The van der Waals surface area contributed by atoms with E-state index in [2.05, 4.69) is 34.6 Å². The summed E-state index contributed by atoms with van der Waals surface area (Å²) in [4.78, 5) is 9.92. The number of rotatable bonds is 14. The van der Waals surface area contributed by atoms with Crippen LogP contribution in [0, 0.1) is 0 Å². The quantitative estimate of drug-likeness (QED) is 0.347. The SMILES string of the molecule is CCCCCCCC(=O)[O-].CCC[N+](CCC)(CCC)CCC. The smallest absolute Gasteiger partial charge is 0.0783 e. The number of nitrogens with zero attached hydrogens (tertiary/aromatic N) is 1. The fourth-order valence-corrected chi connectivity index (χ4v) is 3.44. The maximum Gasteiger partial charge on any atom is 0.0783 e. The summed E-state index contributed by atoms with van der Waals surface area (Å²) < 4.78 is 1.38. The van der Waals surface area contributed by atoms with E-state index >= 15 is 0 Å². The van der Waals surface area contributed by atoms with Crippen LogP contribution in [-0.2, 0) is 4.79 Å². The third-order valence-corrected chi connectivity index (χ3v) is 4.28. The zero-order valence-electron chi connectivity index (χ0n) is 16.7. The van der Waals surface area contributed by atoms with E-state index < -0.39 is 5.97 Å². The predicted octanol–water partition coefficient (Wildman–Crippen LogP) is 4.54. The lowest BCUT2D eigenvalue weighted by Crippen LogP contribution is -2.50. The molecule has 0 aromatic heterocycles. The highest BCUT2D eigenvalue weighted by atomic mass is 16.4. The van der Waals surface area contributed by atoms with Crippen LogP contribution in [0.3, 0.4) is 0 Å². The van der Waals surface area contributed by atoms with Crippen LogP contribution in [0.2, 0.25) is 0 Å². The standard InChI is InChI=1S/C12H28N.C8H16O2/c1-5-9-13(10-6-2,11-7-3)12-8-4;1-2-3-4-5-6-7-8(9)10/h5-12H2,1-4H3;2-7H2,1H3,(H,9,10)/q+1;/p-1.